The zero-order chi connectivity index (χ0) is 41.6. The molecule has 8 aromatic rings. The zero-order valence-electron chi connectivity index (χ0n) is 33.8. The monoisotopic (exact) mass is 800 g/mol. The molecule has 10 nitrogen and oxygen atoms in total. The zero-order valence-corrected chi connectivity index (χ0v) is 33.8. The van der Waals surface area contributed by atoms with E-state index in [1.165, 1.54) is 0 Å². The Hall–Kier alpha value is -7.72. The van der Waals surface area contributed by atoms with E-state index in [-0.39, 0.29) is 24.8 Å². The highest BCUT2D eigenvalue weighted by Gasteiger charge is 2.42. The molecule has 2 aromatic heterocycles. The van der Waals surface area contributed by atoms with Crippen LogP contribution in [0.5, 0.6) is 0 Å². The quantitative estimate of drug-likeness (QED) is 0.123. The number of aromatic nitrogens is 5. The number of hydrogen-bond acceptors (Lipinski definition) is 7. The van der Waals surface area contributed by atoms with Gasteiger partial charge in [0.15, 0.2) is 5.82 Å². The number of carbonyl (C=O) groups is 2. The molecular formula is C51H44N8O2. The van der Waals surface area contributed by atoms with Gasteiger partial charge in [0.05, 0.1) is 18.7 Å². The van der Waals surface area contributed by atoms with Gasteiger partial charge in [0.2, 0.25) is 11.8 Å². The Bertz CT molecular complexity index is 2660. The first-order valence-electron chi connectivity index (χ1n) is 20.4. The molecule has 1 fully saturated rings. The van der Waals surface area contributed by atoms with E-state index in [4.69, 9.17) is 15.3 Å². The Morgan fingerprint density at radius 1 is 0.656 bits per heavy atom. The maximum atomic E-state index is 13.7. The highest BCUT2D eigenvalue weighted by atomic mass is 16.2. The predicted octanol–water partition coefficient (Wildman–Crippen LogP) is 8.58. The molecule has 1 aliphatic rings. The number of piperazine rings is 1. The lowest BCUT2D eigenvalue weighted by atomic mass is 9.77. The van der Waals surface area contributed by atoms with Gasteiger partial charge in [0.25, 0.3) is 0 Å². The third-order valence-electron chi connectivity index (χ3n) is 11.2. The number of carbonyl (C=O) groups excluding carboxylic acids is 2. The molecule has 0 atom stereocenters. The summed E-state index contributed by atoms with van der Waals surface area (Å²) in [7, 11) is 0. The van der Waals surface area contributed by atoms with Crippen LogP contribution in [0.2, 0.25) is 0 Å². The minimum absolute atomic E-state index is 0.00548. The van der Waals surface area contributed by atoms with Crippen LogP contribution in [0.3, 0.4) is 0 Å². The van der Waals surface area contributed by atoms with E-state index in [1.54, 1.807) is 0 Å². The Balaban J connectivity index is 1.15. The first kappa shape index (κ1) is 38.8. The molecular weight excluding hydrogens is 757 g/mol. The summed E-state index contributed by atoms with van der Waals surface area (Å²) in [4.78, 5) is 36.4. The molecule has 300 valence electrons. The van der Waals surface area contributed by atoms with E-state index < -0.39 is 5.54 Å². The molecule has 1 saturated heterocycles. The first-order valence-corrected chi connectivity index (χ1v) is 20.4. The largest absolute Gasteiger partial charge is 0.345 e. The Kier molecular flexibility index (Phi) is 11.0. The molecule has 0 saturated carbocycles. The van der Waals surface area contributed by atoms with Crippen molar-refractivity contribution in [1.82, 2.24) is 30.1 Å². The molecule has 0 aliphatic carbocycles. The van der Waals surface area contributed by atoms with Crippen LogP contribution in [-0.2, 0) is 28.1 Å². The van der Waals surface area contributed by atoms with Gasteiger partial charge in [-0.1, -0.05) is 175 Å². The number of aryl methyl sites for hydroxylation is 1. The molecule has 61 heavy (non-hydrogen) atoms. The molecule has 1 aliphatic heterocycles. The summed E-state index contributed by atoms with van der Waals surface area (Å²) in [6.07, 6.45) is 0.204. The summed E-state index contributed by atoms with van der Waals surface area (Å²) < 4.78 is 1.91. The van der Waals surface area contributed by atoms with Crippen LogP contribution in [0.1, 0.15) is 33.4 Å². The second kappa shape index (κ2) is 17.2. The number of nitrogens with zero attached hydrogens (tertiary/aromatic N) is 7. The Morgan fingerprint density at radius 2 is 1.23 bits per heavy atom. The number of nitrogens with one attached hydrogen (secondary N) is 1. The fourth-order valence-corrected chi connectivity index (χ4v) is 8.25. The minimum atomic E-state index is -0.972. The van der Waals surface area contributed by atoms with Crippen LogP contribution in [0, 0.1) is 6.92 Å². The SMILES string of the molecule is Cc1ccc(CC(=O)Nc2cc(-c3ccccc3-c3nnnn3C(c3ccccc3)(c3ccccc3)c3ccccc3)nc(N3CCN(Cc4ccccc4)C(=O)C3)c2)cc1. The van der Waals surface area contributed by atoms with Gasteiger partial charge in [-0.15, -0.1) is 5.10 Å². The average Bonchev–Trinajstić information content (AvgIpc) is 3.79. The topological polar surface area (TPSA) is 109 Å². The lowest BCUT2D eigenvalue weighted by Crippen LogP contribution is -2.50. The van der Waals surface area contributed by atoms with Gasteiger partial charge in [-0.25, -0.2) is 9.67 Å². The van der Waals surface area contributed by atoms with Crippen LogP contribution in [0.15, 0.2) is 182 Å². The fraction of sp³-hybridized carbons (Fsp3) is 0.137. The molecule has 3 heterocycles. The van der Waals surface area contributed by atoms with Crippen molar-refractivity contribution in [3.63, 3.8) is 0 Å². The maximum absolute atomic E-state index is 13.7. The van der Waals surface area contributed by atoms with Crippen LogP contribution in [0.25, 0.3) is 22.6 Å². The molecule has 0 bridgehead atoms. The third-order valence-corrected chi connectivity index (χ3v) is 11.2. The van der Waals surface area contributed by atoms with E-state index in [2.05, 4.69) is 46.9 Å². The molecule has 0 unspecified atom stereocenters. The second-order valence-corrected chi connectivity index (χ2v) is 15.3. The number of anilines is 2. The molecule has 6 aromatic carbocycles. The van der Waals surface area contributed by atoms with Gasteiger partial charge in [0.1, 0.15) is 11.4 Å². The number of amides is 2. The summed E-state index contributed by atoms with van der Waals surface area (Å²) >= 11 is 0. The van der Waals surface area contributed by atoms with Gasteiger partial charge in [0, 0.05) is 42.5 Å². The standard InChI is InChI=1S/C51H44N8O2/c1-37-26-28-38(29-27-37)32-48(60)52-43-33-46(53-47(34-43)57-30-31-58(49(61)36-57)35-39-16-6-2-7-17-39)44-24-14-15-25-45(44)50-54-55-56-59(50)51(40-18-8-3-9-19-40,41-20-10-4-11-21-41)42-22-12-5-13-23-42/h2-29,33-34H,30-32,35-36H2,1H3,(H,52,53,60). The number of tetrazole rings is 1. The molecule has 10 heteroatoms. The van der Waals surface area contributed by atoms with E-state index in [9.17, 15) is 9.59 Å². The first-order chi connectivity index (χ1) is 30.0. The van der Waals surface area contributed by atoms with Gasteiger partial charge < -0.3 is 15.1 Å². The van der Waals surface area contributed by atoms with Crippen molar-refractivity contribution in [2.45, 2.75) is 25.4 Å². The van der Waals surface area contributed by atoms with Crippen molar-refractivity contribution in [3.8, 4) is 22.6 Å². The number of benzene rings is 6. The van der Waals surface area contributed by atoms with Crippen molar-refractivity contribution in [3.05, 3.63) is 215 Å². The van der Waals surface area contributed by atoms with Crippen LogP contribution < -0.4 is 10.2 Å². The summed E-state index contributed by atoms with van der Waals surface area (Å²) in [6, 6.07) is 60.5. The maximum Gasteiger partial charge on any atom is 0.242 e. The van der Waals surface area contributed by atoms with Crippen molar-refractivity contribution in [2.75, 3.05) is 29.9 Å². The van der Waals surface area contributed by atoms with Crippen molar-refractivity contribution in [2.24, 2.45) is 0 Å². The Morgan fingerprint density at radius 3 is 1.84 bits per heavy atom. The molecule has 1 N–H and O–H groups in total. The van der Waals surface area contributed by atoms with Gasteiger partial charge in [-0.05, 0) is 51.2 Å². The number of hydrogen-bond donors (Lipinski definition) is 1. The van der Waals surface area contributed by atoms with Crippen molar-refractivity contribution < 1.29 is 9.59 Å². The van der Waals surface area contributed by atoms with Gasteiger partial charge in [-0.2, -0.15) is 0 Å². The lowest BCUT2D eigenvalue weighted by Gasteiger charge is -2.36. The van der Waals surface area contributed by atoms with Crippen molar-refractivity contribution >= 4 is 23.3 Å². The number of rotatable bonds is 12. The smallest absolute Gasteiger partial charge is 0.242 e. The third kappa shape index (κ3) is 8.03. The summed E-state index contributed by atoms with van der Waals surface area (Å²) in [5.74, 6) is 0.948. The van der Waals surface area contributed by atoms with Crippen LogP contribution in [-0.4, -0.2) is 61.5 Å². The normalized spacial score (nSPS) is 13.0. The van der Waals surface area contributed by atoms with Gasteiger partial charge >= 0.3 is 0 Å². The summed E-state index contributed by atoms with van der Waals surface area (Å²) in [6.45, 7) is 3.81. The molecule has 0 spiro atoms. The van der Waals surface area contributed by atoms with E-state index in [0.717, 1.165) is 44.5 Å². The number of pyridine rings is 1. The highest BCUT2D eigenvalue weighted by molar-refractivity contribution is 5.94. The van der Waals surface area contributed by atoms with Crippen LogP contribution >= 0.6 is 0 Å². The van der Waals surface area contributed by atoms with E-state index in [1.807, 2.05) is 167 Å². The minimum Gasteiger partial charge on any atom is -0.345 e. The van der Waals surface area contributed by atoms with E-state index in [0.29, 0.717) is 42.7 Å². The summed E-state index contributed by atoms with van der Waals surface area (Å²) in [5, 5.41) is 17.0. The molecule has 9 rings (SSSR count). The second-order valence-electron chi connectivity index (χ2n) is 15.3. The lowest BCUT2D eigenvalue weighted by molar-refractivity contribution is -0.131. The average molecular weight is 801 g/mol. The van der Waals surface area contributed by atoms with Crippen molar-refractivity contribution in [1.29, 1.82) is 0 Å². The van der Waals surface area contributed by atoms with E-state index >= 15 is 0 Å². The molecule has 2 amide bonds. The van der Waals surface area contributed by atoms with Gasteiger partial charge in [-0.3, -0.25) is 9.59 Å². The molecule has 0 radical (unpaired) electrons. The van der Waals surface area contributed by atoms with Crippen LogP contribution in [0.4, 0.5) is 11.5 Å². The summed E-state index contributed by atoms with van der Waals surface area (Å²) in [5.41, 5.74) is 7.75. The highest BCUT2D eigenvalue weighted by Crippen LogP contribution is 2.43. The predicted molar refractivity (Wildman–Crippen MR) is 239 cm³/mol. The fourth-order valence-electron chi connectivity index (χ4n) is 8.25. The Labute approximate surface area is 355 Å².